The number of benzene rings is 2. The Morgan fingerprint density at radius 1 is 1.00 bits per heavy atom. The Morgan fingerprint density at radius 3 is 2.37 bits per heavy atom. The highest BCUT2D eigenvalue weighted by Gasteiger charge is 2.23. The molecule has 0 atom stereocenters. The second-order valence-electron chi connectivity index (χ2n) is 6.20. The van der Waals surface area contributed by atoms with Crippen molar-refractivity contribution in [1.82, 2.24) is 0 Å². The van der Waals surface area contributed by atoms with E-state index in [1.165, 1.54) is 0 Å². The van der Waals surface area contributed by atoms with Crippen LogP contribution in [0.3, 0.4) is 0 Å². The molecule has 0 aliphatic carbocycles. The number of anilines is 3. The predicted molar refractivity (Wildman–Crippen MR) is 112 cm³/mol. The summed E-state index contributed by atoms with van der Waals surface area (Å²) in [6, 6.07) is 13.1. The van der Waals surface area contributed by atoms with Gasteiger partial charge in [0.15, 0.2) is 5.11 Å². The van der Waals surface area contributed by atoms with Crippen molar-refractivity contribution in [2.75, 3.05) is 36.3 Å². The Morgan fingerprint density at radius 2 is 1.70 bits per heavy atom. The quantitative estimate of drug-likeness (QED) is 0.758. The molecule has 0 spiro atoms. The summed E-state index contributed by atoms with van der Waals surface area (Å²) in [5.41, 5.74) is 2.41. The van der Waals surface area contributed by atoms with E-state index >= 15 is 0 Å². The van der Waals surface area contributed by atoms with E-state index in [1.807, 2.05) is 42.5 Å². The van der Waals surface area contributed by atoms with Crippen LogP contribution in [0.25, 0.3) is 0 Å². The van der Waals surface area contributed by atoms with Gasteiger partial charge >= 0.3 is 0 Å². The van der Waals surface area contributed by atoms with E-state index in [1.54, 1.807) is 19.1 Å². The lowest BCUT2D eigenvalue weighted by molar-refractivity contribution is -0.119. The molecule has 142 valence electrons. The van der Waals surface area contributed by atoms with Crippen LogP contribution >= 0.6 is 12.2 Å². The van der Waals surface area contributed by atoms with Crippen molar-refractivity contribution >= 4 is 40.3 Å². The zero-order valence-corrected chi connectivity index (χ0v) is 16.3. The zero-order chi connectivity index (χ0) is 19.2. The topological polar surface area (TPSA) is 62.8 Å². The van der Waals surface area contributed by atoms with E-state index in [-0.39, 0.29) is 5.91 Å². The first-order valence-corrected chi connectivity index (χ1v) is 9.22. The molecular formula is C20H23N3O3S. The molecule has 0 aromatic heterocycles. The van der Waals surface area contributed by atoms with Crippen LogP contribution in [-0.2, 0) is 4.79 Å². The van der Waals surface area contributed by atoms with Gasteiger partial charge in [-0.15, -0.1) is 0 Å². The largest absolute Gasteiger partial charge is 0.497 e. The summed E-state index contributed by atoms with van der Waals surface area (Å²) >= 11 is 5.40. The van der Waals surface area contributed by atoms with E-state index < -0.39 is 0 Å². The van der Waals surface area contributed by atoms with E-state index in [9.17, 15) is 4.79 Å². The molecule has 1 aliphatic rings. The minimum atomic E-state index is 0.121. The van der Waals surface area contributed by atoms with E-state index in [0.717, 1.165) is 35.7 Å². The van der Waals surface area contributed by atoms with Crippen molar-refractivity contribution in [3.8, 4) is 11.5 Å². The maximum atomic E-state index is 12.3. The number of hydrogen-bond donors (Lipinski definition) is 2. The Kier molecular flexibility index (Phi) is 6.13. The van der Waals surface area contributed by atoms with Crippen molar-refractivity contribution in [1.29, 1.82) is 0 Å². The van der Waals surface area contributed by atoms with Gasteiger partial charge in [-0.25, -0.2) is 0 Å². The van der Waals surface area contributed by atoms with Gasteiger partial charge < -0.3 is 25.0 Å². The highest BCUT2D eigenvalue weighted by atomic mass is 32.1. The average molecular weight is 385 g/mol. The summed E-state index contributed by atoms with van der Waals surface area (Å²) in [5.74, 6) is 1.57. The number of amides is 1. The third kappa shape index (κ3) is 4.68. The molecule has 0 unspecified atom stereocenters. The Balaban J connectivity index is 1.73. The summed E-state index contributed by atoms with van der Waals surface area (Å²) in [4.78, 5) is 14.1. The van der Waals surface area contributed by atoms with Crippen LogP contribution in [0.15, 0.2) is 42.5 Å². The monoisotopic (exact) mass is 385 g/mol. The van der Waals surface area contributed by atoms with Gasteiger partial charge in [0.2, 0.25) is 5.91 Å². The van der Waals surface area contributed by atoms with Crippen molar-refractivity contribution < 1.29 is 14.3 Å². The summed E-state index contributed by atoms with van der Waals surface area (Å²) in [5, 5.41) is 6.75. The number of hydrogen-bond acceptors (Lipinski definition) is 4. The van der Waals surface area contributed by atoms with Crippen molar-refractivity contribution in [3.63, 3.8) is 0 Å². The Hall–Kier alpha value is -2.80. The first-order chi connectivity index (χ1) is 13.1. The van der Waals surface area contributed by atoms with Gasteiger partial charge in [-0.1, -0.05) is 0 Å². The summed E-state index contributed by atoms with van der Waals surface area (Å²) in [6.07, 6.45) is 2.49. The molecule has 6 nitrogen and oxygen atoms in total. The maximum absolute atomic E-state index is 12.3. The van der Waals surface area contributed by atoms with Crippen molar-refractivity contribution in [2.24, 2.45) is 0 Å². The number of carbonyl (C=O) groups is 1. The third-order valence-corrected chi connectivity index (χ3v) is 4.60. The van der Waals surface area contributed by atoms with Gasteiger partial charge in [-0.2, -0.15) is 0 Å². The third-order valence-electron chi connectivity index (χ3n) is 4.40. The smallest absolute Gasteiger partial charge is 0.227 e. The Labute approximate surface area is 164 Å². The molecular weight excluding hydrogens is 362 g/mol. The van der Waals surface area contributed by atoms with Gasteiger partial charge in [0.25, 0.3) is 0 Å². The molecule has 0 bridgehead atoms. The van der Waals surface area contributed by atoms with Crippen LogP contribution in [0.4, 0.5) is 17.1 Å². The van der Waals surface area contributed by atoms with E-state index in [2.05, 4.69) is 10.6 Å². The summed E-state index contributed by atoms with van der Waals surface area (Å²) in [6.45, 7) is 0.702. The van der Waals surface area contributed by atoms with E-state index in [0.29, 0.717) is 23.8 Å². The minimum Gasteiger partial charge on any atom is -0.497 e. The van der Waals surface area contributed by atoms with Crippen molar-refractivity contribution in [2.45, 2.75) is 19.3 Å². The second-order valence-corrected chi connectivity index (χ2v) is 6.60. The van der Waals surface area contributed by atoms with Crippen LogP contribution in [0, 0.1) is 0 Å². The number of ether oxygens (including phenoxy) is 2. The number of carbonyl (C=O) groups excluding carboxylic acids is 1. The lowest BCUT2D eigenvalue weighted by Crippen LogP contribution is -2.35. The number of nitrogens with one attached hydrogen (secondary N) is 2. The normalized spacial score (nSPS) is 13.9. The standard InChI is InChI=1S/C20H23N3O3S/c1-25-16-9-6-14(7-10-16)21-20(27)22-15-8-11-18(26-2)17(13-15)23-12-4-3-5-19(23)24/h6-11,13H,3-5,12H2,1-2H3,(H2,21,22,27). The van der Waals surface area contributed by atoms with E-state index in [4.69, 9.17) is 21.7 Å². The summed E-state index contributed by atoms with van der Waals surface area (Å²) in [7, 11) is 3.24. The molecule has 1 fully saturated rings. The number of piperidine rings is 1. The molecule has 0 saturated carbocycles. The van der Waals surface area contributed by atoms with Crippen LogP contribution in [0.5, 0.6) is 11.5 Å². The lowest BCUT2D eigenvalue weighted by Gasteiger charge is -2.28. The number of methoxy groups -OCH3 is 2. The van der Waals surface area contributed by atoms with Gasteiger partial charge in [0, 0.05) is 24.3 Å². The zero-order valence-electron chi connectivity index (χ0n) is 15.5. The molecule has 2 N–H and O–H groups in total. The molecule has 1 amide bonds. The first-order valence-electron chi connectivity index (χ1n) is 8.81. The minimum absolute atomic E-state index is 0.121. The van der Waals surface area contributed by atoms with Gasteiger partial charge in [-0.3, -0.25) is 4.79 Å². The van der Waals surface area contributed by atoms with Crippen molar-refractivity contribution in [3.05, 3.63) is 42.5 Å². The number of nitrogens with zero attached hydrogens (tertiary/aromatic N) is 1. The molecule has 2 aromatic rings. The first kappa shape index (κ1) is 19.0. The molecule has 1 aliphatic heterocycles. The molecule has 2 aromatic carbocycles. The Bertz CT molecular complexity index is 824. The van der Waals surface area contributed by atoms with Crippen LogP contribution in [0.1, 0.15) is 19.3 Å². The average Bonchev–Trinajstić information content (AvgIpc) is 2.69. The summed E-state index contributed by atoms with van der Waals surface area (Å²) < 4.78 is 10.6. The van der Waals surface area contributed by atoms with Gasteiger partial charge in [0.1, 0.15) is 11.5 Å². The fourth-order valence-corrected chi connectivity index (χ4v) is 3.24. The second kappa shape index (κ2) is 8.73. The predicted octanol–water partition coefficient (Wildman–Crippen LogP) is 4.03. The fraction of sp³-hybridized carbons (Fsp3) is 0.300. The SMILES string of the molecule is COc1ccc(NC(=S)Nc2ccc(OC)c(N3CCCCC3=O)c2)cc1. The molecule has 1 heterocycles. The highest BCUT2D eigenvalue weighted by Crippen LogP contribution is 2.33. The molecule has 7 heteroatoms. The molecule has 1 saturated heterocycles. The van der Waals surface area contributed by atoms with Gasteiger partial charge in [-0.05, 0) is 67.5 Å². The molecule has 0 radical (unpaired) electrons. The number of rotatable bonds is 5. The maximum Gasteiger partial charge on any atom is 0.227 e. The van der Waals surface area contributed by atoms with Gasteiger partial charge in [0.05, 0.1) is 19.9 Å². The van der Waals surface area contributed by atoms with Crippen LogP contribution in [-0.4, -0.2) is 31.8 Å². The van der Waals surface area contributed by atoms with Crippen LogP contribution in [0.2, 0.25) is 0 Å². The fourth-order valence-electron chi connectivity index (χ4n) is 3.01. The highest BCUT2D eigenvalue weighted by molar-refractivity contribution is 7.80. The van der Waals surface area contributed by atoms with Crippen LogP contribution < -0.4 is 25.0 Å². The number of thiocarbonyl (C=S) groups is 1. The molecule has 3 rings (SSSR count). The molecule has 27 heavy (non-hydrogen) atoms. The lowest BCUT2D eigenvalue weighted by atomic mass is 10.1.